The number of thiazole rings is 1. The van der Waals surface area contributed by atoms with Gasteiger partial charge in [-0.2, -0.15) is 17.6 Å². The van der Waals surface area contributed by atoms with Crippen molar-refractivity contribution in [3.05, 3.63) is 65.3 Å². The molecule has 0 fully saturated rings. The first kappa shape index (κ1) is 29.4. The lowest BCUT2D eigenvalue weighted by molar-refractivity contribution is -0.0518. The lowest BCUT2D eigenvalue weighted by Gasteiger charge is -2.21. The summed E-state index contributed by atoms with van der Waals surface area (Å²) in [5, 5.41) is 6.25. The van der Waals surface area contributed by atoms with Gasteiger partial charge in [0.15, 0.2) is 23.0 Å². The molecule has 210 valence electrons. The second-order valence-electron chi connectivity index (χ2n) is 7.55. The summed E-state index contributed by atoms with van der Waals surface area (Å²) in [5.74, 6) is 0.536. The smallest absolute Gasteiger partial charge is 0.387 e. The second-order valence-corrected chi connectivity index (χ2v) is 8.52. The Kier molecular flexibility index (Phi) is 11.5. The SMILES string of the molecule is COc1cc(NCN2C=CC=NC2)ccc1OC(F)F.COc1ccc(NCc2cncs2)cc1OC(F)F. The van der Waals surface area contributed by atoms with Gasteiger partial charge in [0.2, 0.25) is 0 Å². The number of nitrogens with zero attached hydrogens (tertiary/aromatic N) is 3. The van der Waals surface area contributed by atoms with Crippen LogP contribution in [0.3, 0.4) is 0 Å². The Balaban J connectivity index is 0.000000216. The summed E-state index contributed by atoms with van der Waals surface area (Å²) in [4.78, 5) is 11.1. The van der Waals surface area contributed by atoms with Crippen LogP contribution in [0.5, 0.6) is 23.0 Å². The average molecular weight is 570 g/mol. The van der Waals surface area contributed by atoms with Gasteiger partial charge in [-0.1, -0.05) is 0 Å². The standard InChI is InChI=1S/C13H15F2N3O2.C12H12F2N2O2S/c1-19-12-7-10(3-4-11(12)20-13(14)15)17-9-18-6-2-5-16-8-18;1-17-10-3-2-8(4-11(10)18-12(13)14)16-6-9-5-15-7-19-9/h2-7,13,17H,8-9H2,1H3;2-5,7,12,16H,6H2,1H3. The van der Waals surface area contributed by atoms with Crippen LogP contribution < -0.4 is 29.6 Å². The normalized spacial score (nSPS) is 12.2. The van der Waals surface area contributed by atoms with Gasteiger partial charge in [0, 0.05) is 47.0 Å². The molecule has 9 nitrogen and oxygen atoms in total. The van der Waals surface area contributed by atoms with Gasteiger partial charge in [-0.15, -0.1) is 11.3 Å². The summed E-state index contributed by atoms with van der Waals surface area (Å²) in [6.45, 7) is -4.06. The minimum Gasteiger partial charge on any atom is -0.493 e. The van der Waals surface area contributed by atoms with Gasteiger partial charge in [-0.05, 0) is 30.3 Å². The highest BCUT2D eigenvalue weighted by Gasteiger charge is 2.12. The molecular weight excluding hydrogens is 542 g/mol. The quantitative estimate of drug-likeness (QED) is 0.261. The molecule has 3 aromatic rings. The van der Waals surface area contributed by atoms with Crippen molar-refractivity contribution >= 4 is 28.9 Å². The molecule has 1 aromatic heterocycles. The lowest BCUT2D eigenvalue weighted by atomic mass is 10.2. The summed E-state index contributed by atoms with van der Waals surface area (Å²) in [6, 6.07) is 9.49. The van der Waals surface area contributed by atoms with Gasteiger partial charge < -0.3 is 34.5 Å². The predicted molar refractivity (Wildman–Crippen MR) is 142 cm³/mol. The maximum atomic E-state index is 12.3. The minimum atomic E-state index is -2.88. The van der Waals surface area contributed by atoms with Crippen molar-refractivity contribution in [3.63, 3.8) is 0 Å². The van der Waals surface area contributed by atoms with Crippen LogP contribution in [0.15, 0.2) is 65.4 Å². The Morgan fingerprint density at radius 1 is 0.897 bits per heavy atom. The summed E-state index contributed by atoms with van der Waals surface area (Å²) >= 11 is 1.52. The van der Waals surface area contributed by atoms with Crippen molar-refractivity contribution in [1.82, 2.24) is 9.88 Å². The number of halogens is 4. The molecule has 4 rings (SSSR count). The number of benzene rings is 2. The van der Waals surface area contributed by atoms with Crippen molar-refractivity contribution in [1.29, 1.82) is 0 Å². The van der Waals surface area contributed by atoms with E-state index in [1.54, 1.807) is 42.2 Å². The van der Waals surface area contributed by atoms with E-state index in [-0.39, 0.29) is 23.0 Å². The third-order valence-electron chi connectivity index (χ3n) is 4.95. The molecule has 2 N–H and O–H groups in total. The fourth-order valence-corrected chi connectivity index (χ4v) is 3.71. The van der Waals surface area contributed by atoms with E-state index in [0.29, 0.717) is 25.6 Å². The van der Waals surface area contributed by atoms with Gasteiger partial charge in [-0.3, -0.25) is 9.98 Å². The number of rotatable bonds is 12. The predicted octanol–water partition coefficient (Wildman–Crippen LogP) is 5.89. The van der Waals surface area contributed by atoms with E-state index in [9.17, 15) is 17.6 Å². The molecule has 0 aliphatic carbocycles. The molecule has 0 spiro atoms. The third kappa shape index (κ3) is 9.89. The fraction of sp³-hybridized carbons (Fsp3) is 0.280. The topological polar surface area (TPSA) is 89.5 Å². The summed E-state index contributed by atoms with van der Waals surface area (Å²) < 4.78 is 67.7. The summed E-state index contributed by atoms with van der Waals surface area (Å²) in [6.07, 6.45) is 7.23. The Bertz CT molecular complexity index is 1220. The molecule has 0 bridgehead atoms. The Labute approximate surface area is 226 Å². The number of alkyl halides is 4. The molecule has 14 heteroatoms. The van der Waals surface area contributed by atoms with E-state index in [0.717, 1.165) is 10.6 Å². The Morgan fingerprint density at radius 2 is 1.56 bits per heavy atom. The molecular formula is C25H27F4N5O4S. The molecule has 0 unspecified atom stereocenters. The zero-order valence-electron chi connectivity index (χ0n) is 21.0. The van der Waals surface area contributed by atoms with E-state index in [2.05, 4.69) is 30.1 Å². The molecule has 2 aromatic carbocycles. The third-order valence-corrected chi connectivity index (χ3v) is 5.73. The van der Waals surface area contributed by atoms with E-state index in [1.165, 1.54) is 37.7 Å². The summed E-state index contributed by atoms with van der Waals surface area (Å²) in [5.41, 5.74) is 3.15. The highest BCUT2D eigenvalue weighted by molar-refractivity contribution is 7.09. The van der Waals surface area contributed by atoms with Crippen LogP contribution in [0.1, 0.15) is 4.88 Å². The van der Waals surface area contributed by atoms with Gasteiger partial charge in [0.05, 0.1) is 32.9 Å². The molecule has 0 amide bonds. The van der Waals surface area contributed by atoms with Crippen LogP contribution in [-0.2, 0) is 6.54 Å². The van der Waals surface area contributed by atoms with Crippen molar-refractivity contribution in [2.45, 2.75) is 19.8 Å². The van der Waals surface area contributed by atoms with Crippen LogP contribution in [0, 0.1) is 0 Å². The zero-order valence-corrected chi connectivity index (χ0v) is 21.8. The molecule has 1 aliphatic rings. The molecule has 0 atom stereocenters. The van der Waals surface area contributed by atoms with E-state index in [1.807, 2.05) is 17.2 Å². The number of nitrogens with one attached hydrogen (secondary N) is 2. The summed E-state index contributed by atoms with van der Waals surface area (Å²) in [7, 11) is 2.80. The molecule has 1 aliphatic heterocycles. The highest BCUT2D eigenvalue weighted by Crippen LogP contribution is 2.32. The van der Waals surface area contributed by atoms with E-state index >= 15 is 0 Å². The fourth-order valence-electron chi connectivity index (χ4n) is 3.18. The number of methoxy groups -OCH3 is 2. The van der Waals surface area contributed by atoms with Crippen LogP contribution in [0.2, 0.25) is 0 Å². The van der Waals surface area contributed by atoms with Gasteiger partial charge in [-0.25, -0.2) is 0 Å². The Hall–Kier alpha value is -4.20. The number of hydrogen-bond acceptors (Lipinski definition) is 10. The second kappa shape index (κ2) is 15.3. The maximum Gasteiger partial charge on any atom is 0.387 e. The van der Waals surface area contributed by atoms with Gasteiger partial charge in [0.25, 0.3) is 0 Å². The van der Waals surface area contributed by atoms with Crippen molar-refractivity contribution in [2.75, 3.05) is 38.2 Å². The number of ether oxygens (including phenoxy) is 4. The number of aromatic nitrogens is 1. The van der Waals surface area contributed by atoms with Crippen LogP contribution >= 0.6 is 11.3 Å². The average Bonchev–Trinajstić information content (AvgIpc) is 3.46. The largest absolute Gasteiger partial charge is 0.493 e. The number of aliphatic imine (C=N–C) groups is 1. The molecule has 2 heterocycles. The number of hydrogen-bond donors (Lipinski definition) is 2. The Morgan fingerprint density at radius 3 is 2.18 bits per heavy atom. The van der Waals surface area contributed by atoms with E-state index < -0.39 is 13.2 Å². The molecule has 0 saturated heterocycles. The molecule has 0 radical (unpaired) electrons. The molecule has 0 saturated carbocycles. The minimum absolute atomic E-state index is 0.00630. The van der Waals surface area contributed by atoms with Crippen LogP contribution in [-0.4, -0.2) is 56.9 Å². The highest BCUT2D eigenvalue weighted by atomic mass is 32.1. The van der Waals surface area contributed by atoms with E-state index in [4.69, 9.17) is 9.47 Å². The monoisotopic (exact) mass is 569 g/mol. The maximum absolute atomic E-state index is 12.3. The number of anilines is 2. The number of allylic oxidation sites excluding steroid dienone is 1. The van der Waals surface area contributed by atoms with Gasteiger partial charge in [0.1, 0.15) is 6.67 Å². The zero-order chi connectivity index (χ0) is 28.0. The van der Waals surface area contributed by atoms with Crippen LogP contribution in [0.4, 0.5) is 28.9 Å². The van der Waals surface area contributed by atoms with Crippen LogP contribution in [0.25, 0.3) is 0 Å². The van der Waals surface area contributed by atoms with Gasteiger partial charge >= 0.3 is 13.2 Å². The van der Waals surface area contributed by atoms with Crippen molar-refractivity contribution in [3.8, 4) is 23.0 Å². The first-order valence-electron chi connectivity index (χ1n) is 11.4. The van der Waals surface area contributed by atoms with Crippen molar-refractivity contribution < 1.29 is 36.5 Å². The molecule has 39 heavy (non-hydrogen) atoms. The first-order chi connectivity index (χ1) is 18.9. The lowest BCUT2D eigenvalue weighted by Crippen LogP contribution is -2.26. The van der Waals surface area contributed by atoms with Crippen molar-refractivity contribution in [2.24, 2.45) is 4.99 Å². The first-order valence-corrected chi connectivity index (χ1v) is 12.3.